The molecule has 21 heavy (non-hydrogen) atoms. The van der Waals surface area contributed by atoms with Gasteiger partial charge in [0.25, 0.3) is 5.69 Å². The van der Waals surface area contributed by atoms with E-state index in [2.05, 4.69) is 15.6 Å². The molecule has 1 heterocycles. The smallest absolute Gasteiger partial charge is 0.269 e. The Labute approximate surface area is 127 Å². The van der Waals surface area contributed by atoms with E-state index in [4.69, 9.17) is 12.2 Å². The molecule has 0 aliphatic heterocycles. The average Bonchev–Trinajstić information content (AvgIpc) is 2.48. The van der Waals surface area contributed by atoms with Crippen LogP contribution in [0.25, 0.3) is 0 Å². The maximum absolute atomic E-state index is 10.6. The van der Waals surface area contributed by atoms with E-state index in [1.165, 1.54) is 12.1 Å². The highest BCUT2D eigenvalue weighted by Crippen LogP contribution is 2.16. The van der Waals surface area contributed by atoms with Gasteiger partial charge in [0.15, 0.2) is 5.11 Å². The normalized spacial score (nSPS) is 11.5. The van der Waals surface area contributed by atoms with Crippen LogP contribution < -0.4 is 10.6 Å². The van der Waals surface area contributed by atoms with Crippen LogP contribution >= 0.6 is 12.2 Å². The molecule has 108 valence electrons. The lowest BCUT2D eigenvalue weighted by Gasteiger charge is -2.17. The highest BCUT2D eigenvalue weighted by atomic mass is 32.1. The highest BCUT2D eigenvalue weighted by Gasteiger charge is 2.08. The SMILES string of the molecule is C[C@H](NC(=S)Nc1ccc([N+](=O)[O-])cc1)c1ccncc1. The van der Waals surface area contributed by atoms with Gasteiger partial charge in [-0.1, -0.05) is 0 Å². The molecule has 0 saturated heterocycles. The van der Waals surface area contributed by atoms with Crippen LogP contribution in [0.4, 0.5) is 11.4 Å². The van der Waals surface area contributed by atoms with Gasteiger partial charge in [-0.3, -0.25) is 15.1 Å². The second-order valence-electron chi connectivity index (χ2n) is 4.40. The summed E-state index contributed by atoms with van der Waals surface area (Å²) in [7, 11) is 0. The molecule has 0 radical (unpaired) electrons. The zero-order valence-electron chi connectivity index (χ0n) is 11.3. The Bertz CT molecular complexity index is 631. The van der Waals surface area contributed by atoms with Crippen molar-refractivity contribution in [3.05, 3.63) is 64.5 Å². The number of benzene rings is 1. The van der Waals surface area contributed by atoms with Crippen LogP contribution in [0.5, 0.6) is 0 Å². The van der Waals surface area contributed by atoms with Gasteiger partial charge in [-0.15, -0.1) is 0 Å². The second kappa shape index (κ2) is 6.76. The number of hydrogen-bond donors (Lipinski definition) is 2. The van der Waals surface area contributed by atoms with Crippen molar-refractivity contribution in [2.75, 3.05) is 5.32 Å². The van der Waals surface area contributed by atoms with E-state index in [-0.39, 0.29) is 11.7 Å². The van der Waals surface area contributed by atoms with Gasteiger partial charge >= 0.3 is 0 Å². The molecule has 0 aliphatic rings. The number of rotatable bonds is 4. The zero-order chi connectivity index (χ0) is 15.2. The molecule has 2 rings (SSSR count). The Hall–Kier alpha value is -2.54. The molecule has 0 fully saturated rings. The molecule has 6 nitrogen and oxygen atoms in total. The van der Waals surface area contributed by atoms with E-state index in [0.29, 0.717) is 10.8 Å². The van der Waals surface area contributed by atoms with Crippen LogP contribution in [0.3, 0.4) is 0 Å². The molecular weight excluding hydrogens is 288 g/mol. The third kappa shape index (κ3) is 4.22. The van der Waals surface area contributed by atoms with Crippen LogP contribution in [0.15, 0.2) is 48.8 Å². The van der Waals surface area contributed by atoms with E-state index in [0.717, 1.165) is 5.56 Å². The topological polar surface area (TPSA) is 80.1 Å². The van der Waals surface area contributed by atoms with Gasteiger partial charge in [0, 0.05) is 30.2 Å². The molecule has 2 aromatic rings. The minimum atomic E-state index is -0.439. The second-order valence-corrected chi connectivity index (χ2v) is 4.81. The Kier molecular flexibility index (Phi) is 4.78. The van der Waals surface area contributed by atoms with Crippen molar-refractivity contribution >= 4 is 28.7 Å². The summed E-state index contributed by atoms with van der Waals surface area (Å²) in [6.45, 7) is 1.99. The van der Waals surface area contributed by atoms with Gasteiger partial charge < -0.3 is 10.6 Å². The van der Waals surface area contributed by atoms with Gasteiger partial charge in [0.05, 0.1) is 11.0 Å². The molecule has 0 saturated carbocycles. The van der Waals surface area contributed by atoms with E-state index in [1.54, 1.807) is 24.5 Å². The van der Waals surface area contributed by atoms with Crippen molar-refractivity contribution < 1.29 is 4.92 Å². The van der Waals surface area contributed by atoms with Crippen molar-refractivity contribution in [2.24, 2.45) is 0 Å². The molecular formula is C14H14N4O2S. The van der Waals surface area contributed by atoms with Crippen LogP contribution in [0.2, 0.25) is 0 Å². The number of non-ortho nitro benzene ring substituents is 1. The number of nitrogens with one attached hydrogen (secondary N) is 2. The van der Waals surface area contributed by atoms with Gasteiger partial charge in [0.1, 0.15) is 0 Å². The molecule has 1 aromatic carbocycles. The molecule has 2 N–H and O–H groups in total. The predicted octanol–water partition coefficient (Wildman–Crippen LogP) is 3.04. The standard InChI is InChI=1S/C14H14N4O2S/c1-10(11-6-8-15-9-7-11)16-14(21)17-12-2-4-13(5-3-12)18(19)20/h2-10H,1H3,(H2,16,17,21)/t10-/m0/s1. The number of anilines is 1. The summed E-state index contributed by atoms with van der Waals surface area (Å²) in [5, 5.41) is 17.2. The largest absolute Gasteiger partial charge is 0.356 e. The molecule has 7 heteroatoms. The minimum Gasteiger partial charge on any atom is -0.356 e. The van der Waals surface area contributed by atoms with Crippen molar-refractivity contribution in [2.45, 2.75) is 13.0 Å². The molecule has 1 aromatic heterocycles. The molecule has 0 bridgehead atoms. The fraction of sp³-hybridized carbons (Fsp3) is 0.143. The van der Waals surface area contributed by atoms with E-state index < -0.39 is 4.92 Å². The van der Waals surface area contributed by atoms with Crippen LogP contribution in [0.1, 0.15) is 18.5 Å². The summed E-state index contributed by atoms with van der Waals surface area (Å²) in [5.41, 5.74) is 1.81. The van der Waals surface area contributed by atoms with E-state index in [9.17, 15) is 10.1 Å². The summed E-state index contributed by atoms with van der Waals surface area (Å²) in [6, 6.07) is 9.94. The number of nitrogens with zero attached hydrogens (tertiary/aromatic N) is 2. The first-order chi connectivity index (χ1) is 10.1. The van der Waals surface area contributed by atoms with Gasteiger partial charge in [0.2, 0.25) is 0 Å². The number of aromatic nitrogens is 1. The highest BCUT2D eigenvalue weighted by molar-refractivity contribution is 7.80. The Morgan fingerprint density at radius 3 is 2.43 bits per heavy atom. The number of nitro groups is 1. The summed E-state index contributed by atoms with van der Waals surface area (Å²) in [5.74, 6) is 0. The van der Waals surface area contributed by atoms with Crippen LogP contribution in [0, 0.1) is 10.1 Å². The van der Waals surface area contributed by atoms with Crippen molar-refractivity contribution in [3.63, 3.8) is 0 Å². The monoisotopic (exact) mass is 302 g/mol. The van der Waals surface area contributed by atoms with Crippen LogP contribution in [-0.2, 0) is 0 Å². The first-order valence-electron chi connectivity index (χ1n) is 6.28. The maximum atomic E-state index is 10.6. The third-order valence-corrected chi connectivity index (χ3v) is 3.11. The lowest BCUT2D eigenvalue weighted by Crippen LogP contribution is -2.30. The number of pyridine rings is 1. The van der Waals surface area contributed by atoms with Crippen LogP contribution in [-0.4, -0.2) is 15.0 Å². The Morgan fingerprint density at radius 1 is 1.24 bits per heavy atom. The molecule has 0 amide bonds. The summed E-state index contributed by atoms with van der Waals surface area (Å²) >= 11 is 5.22. The Balaban J connectivity index is 1.94. The first-order valence-corrected chi connectivity index (χ1v) is 6.69. The molecule has 0 spiro atoms. The lowest BCUT2D eigenvalue weighted by molar-refractivity contribution is -0.384. The van der Waals surface area contributed by atoms with Gasteiger partial charge in [-0.25, -0.2) is 0 Å². The van der Waals surface area contributed by atoms with E-state index >= 15 is 0 Å². The fourth-order valence-corrected chi connectivity index (χ4v) is 2.06. The molecule has 0 aliphatic carbocycles. The number of hydrogen-bond acceptors (Lipinski definition) is 4. The first kappa shape index (κ1) is 14.9. The minimum absolute atomic E-state index is 0.0334. The lowest BCUT2D eigenvalue weighted by atomic mass is 10.1. The molecule has 0 unspecified atom stereocenters. The van der Waals surface area contributed by atoms with Crippen molar-refractivity contribution in [1.29, 1.82) is 0 Å². The predicted molar refractivity (Wildman–Crippen MR) is 85.1 cm³/mol. The number of nitro benzene ring substituents is 1. The third-order valence-electron chi connectivity index (χ3n) is 2.89. The summed E-state index contributed by atoms with van der Waals surface area (Å²) < 4.78 is 0. The van der Waals surface area contributed by atoms with E-state index in [1.807, 2.05) is 19.1 Å². The summed E-state index contributed by atoms with van der Waals surface area (Å²) in [4.78, 5) is 14.1. The fourth-order valence-electron chi connectivity index (χ4n) is 1.77. The Morgan fingerprint density at radius 2 is 1.86 bits per heavy atom. The average molecular weight is 302 g/mol. The van der Waals surface area contributed by atoms with Gasteiger partial charge in [-0.2, -0.15) is 0 Å². The van der Waals surface area contributed by atoms with Crippen molar-refractivity contribution in [3.8, 4) is 0 Å². The van der Waals surface area contributed by atoms with Gasteiger partial charge in [-0.05, 0) is 49.0 Å². The quantitative estimate of drug-likeness (QED) is 0.513. The molecule has 1 atom stereocenters. The maximum Gasteiger partial charge on any atom is 0.269 e. The summed E-state index contributed by atoms with van der Waals surface area (Å²) in [6.07, 6.45) is 3.45. The number of thiocarbonyl (C=S) groups is 1. The van der Waals surface area contributed by atoms with Crippen molar-refractivity contribution in [1.82, 2.24) is 10.3 Å². The zero-order valence-corrected chi connectivity index (χ0v) is 12.1.